The van der Waals surface area contributed by atoms with Crippen molar-refractivity contribution in [2.45, 2.75) is 25.0 Å². The monoisotopic (exact) mass is 337 g/mol. The predicted molar refractivity (Wildman–Crippen MR) is 83.0 cm³/mol. The lowest BCUT2D eigenvalue weighted by molar-refractivity contribution is 0.110. The van der Waals surface area contributed by atoms with Crippen molar-refractivity contribution in [1.82, 2.24) is 9.29 Å². The summed E-state index contributed by atoms with van der Waals surface area (Å²) < 4.78 is 37.4. The average molecular weight is 337 g/mol. The van der Waals surface area contributed by atoms with Gasteiger partial charge in [0.1, 0.15) is 0 Å². The number of nitrogens with zero attached hydrogens (tertiary/aromatic N) is 2. The molecule has 0 fully saturated rings. The molecule has 122 valence electrons. The van der Waals surface area contributed by atoms with Gasteiger partial charge in [-0.05, 0) is 20.8 Å². The number of sulfonamides is 1. The summed E-state index contributed by atoms with van der Waals surface area (Å²) in [6, 6.07) is 0. The van der Waals surface area contributed by atoms with Crippen molar-refractivity contribution >= 4 is 26.5 Å². The van der Waals surface area contributed by atoms with Crippen molar-refractivity contribution in [2.24, 2.45) is 0 Å². The highest BCUT2D eigenvalue weighted by atomic mass is 32.2. The molecular formula is C12H23N3O4S2. The third-order valence-electron chi connectivity index (χ3n) is 2.72. The number of aromatic nitrogens is 1. The molecule has 0 aliphatic rings. The summed E-state index contributed by atoms with van der Waals surface area (Å²) in [5.74, 6) is 0. The van der Waals surface area contributed by atoms with Crippen LogP contribution in [-0.4, -0.2) is 57.2 Å². The van der Waals surface area contributed by atoms with Gasteiger partial charge in [-0.25, -0.2) is 13.4 Å². The number of aryl methyl sites for hydroxylation is 1. The molecule has 0 amide bonds. The highest BCUT2D eigenvalue weighted by Gasteiger charge is 2.28. The zero-order valence-corrected chi connectivity index (χ0v) is 14.3. The van der Waals surface area contributed by atoms with Gasteiger partial charge in [-0.15, -0.1) is 0 Å². The van der Waals surface area contributed by atoms with Crippen molar-refractivity contribution in [3.8, 4) is 0 Å². The van der Waals surface area contributed by atoms with Crippen LogP contribution in [0.15, 0.2) is 4.21 Å². The van der Waals surface area contributed by atoms with Crippen LogP contribution >= 0.6 is 11.3 Å². The second-order valence-corrected chi connectivity index (χ2v) is 7.39. The smallest absolute Gasteiger partial charge is 0.254 e. The zero-order chi connectivity index (χ0) is 15.9. The summed E-state index contributed by atoms with van der Waals surface area (Å²) in [4.78, 5) is 3.98. The van der Waals surface area contributed by atoms with Crippen molar-refractivity contribution in [1.29, 1.82) is 0 Å². The normalized spacial score (nSPS) is 12.2. The standard InChI is InChI=1S/C12H23N3O4S2/c1-4-18-8-6-15(7-9-19-5-2)21(16,17)11-10(3)14-12(13)20-11/h4-9H2,1-3H3,(H2,13,14). The van der Waals surface area contributed by atoms with E-state index in [4.69, 9.17) is 15.2 Å². The van der Waals surface area contributed by atoms with E-state index in [9.17, 15) is 8.42 Å². The first kappa shape index (κ1) is 18.3. The Hall–Kier alpha value is -0.740. The largest absolute Gasteiger partial charge is 0.380 e. The Morgan fingerprint density at radius 2 is 1.71 bits per heavy atom. The Bertz CT molecular complexity index is 521. The van der Waals surface area contributed by atoms with Crippen molar-refractivity contribution < 1.29 is 17.9 Å². The average Bonchev–Trinajstić information content (AvgIpc) is 2.77. The van der Waals surface area contributed by atoms with Crippen LogP contribution in [0.25, 0.3) is 0 Å². The van der Waals surface area contributed by atoms with Gasteiger partial charge in [0.2, 0.25) is 0 Å². The van der Waals surface area contributed by atoms with Gasteiger partial charge >= 0.3 is 0 Å². The molecule has 1 heterocycles. The summed E-state index contributed by atoms with van der Waals surface area (Å²) >= 11 is 0.983. The van der Waals surface area contributed by atoms with E-state index in [0.717, 1.165) is 11.3 Å². The number of rotatable bonds is 10. The molecule has 21 heavy (non-hydrogen) atoms. The molecule has 1 rings (SSSR count). The lowest BCUT2D eigenvalue weighted by atomic mass is 10.6. The minimum Gasteiger partial charge on any atom is -0.380 e. The van der Waals surface area contributed by atoms with E-state index in [0.29, 0.717) is 32.1 Å². The Labute approximate surface area is 130 Å². The van der Waals surface area contributed by atoms with E-state index in [1.165, 1.54) is 4.31 Å². The second-order valence-electron chi connectivity index (χ2n) is 4.22. The molecule has 0 aromatic carbocycles. The van der Waals surface area contributed by atoms with Gasteiger partial charge in [0, 0.05) is 26.3 Å². The van der Waals surface area contributed by atoms with Crippen LogP contribution < -0.4 is 5.73 Å². The van der Waals surface area contributed by atoms with Crippen LogP contribution in [0.3, 0.4) is 0 Å². The summed E-state index contributed by atoms with van der Waals surface area (Å²) in [6.07, 6.45) is 0. The highest BCUT2D eigenvalue weighted by Crippen LogP contribution is 2.27. The maximum atomic E-state index is 12.7. The van der Waals surface area contributed by atoms with Gasteiger partial charge in [-0.1, -0.05) is 11.3 Å². The fourth-order valence-electron chi connectivity index (χ4n) is 1.73. The van der Waals surface area contributed by atoms with E-state index >= 15 is 0 Å². The minimum absolute atomic E-state index is 0.188. The van der Waals surface area contributed by atoms with Crippen LogP contribution in [0.2, 0.25) is 0 Å². The Balaban J connectivity index is 2.90. The molecule has 0 saturated heterocycles. The molecule has 2 N–H and O–H groups in total. The lowest BCUT2D eigenvalue weighted by Gasteiger charge is -2.21. The summed E-state index contributed by atoms with van der Waals surface area (Å²) in [6.45, 7) is 7.71. The molecule has 1 aromatic rings. The topological polar surface area (TPSA) is 94.8 Å². The van der Waals surface area contributed by atoms with Crippen molar-refractivity contribution in [3.05, 3.63) is 5.69 Å². The minimum atomic E-state index is -3.62. The molecule has 0 unspecified atom stereocenters. The van der Waals surface area contributed by atoms with Crippen LogP contribution in [0, 0.1) is 6.92 Å². The molecular weight excluding hydrogens is 314 g/mol. The first-order valence-corrected chi connectivity index (χ1v) is 9.07. The quantitative estimate of drug-likeness (QED) is 0.642. The van der Waals surface area contributed by atoms with E-state index in [-0.39, 0.29) is 22.4 Å². The zero-order valence-electron chi connectivity index (χ0n) is 12.7. The number of ether oxygens (including phenoxy) is 2. The molecule has 0 saturated carbocycles. The van der Waals surface area contributed by atoms with E-state index in [1.54, 1.807) is 6.92 Å². The van der Waals surface area contributed by atoms with Crippen molar-refractivity contribution in [3.63, 3.8) is 0 Å². The molecule has 0 radical (unpaired) electrons. The predicted octanol–water partition coefficient (Wildman–Crippen LogP) is 1.10. The summed E-state index contributed by atoms with van der Waals surface area (Å²) in [5, 5.41) is 0.251. The lowest BCUT2D eigenvalue weighted by Crippen LogP contribution is -2.36. The molecule has 0 spiro atoms. The number of nitrogen functional groups attached to an aromatic ring is 1. The summed E-state index contributed by atoms with van der Waals surface area (Å²) in [7, 11) is -3.62. The SMILES string of the molecule is CCOCCN(CCOCC)S(=O)(=O)c1sc(N)nc1C. The Morgan fingerprint density at radius 1 is 1.19 bits per heavy atom. The number of anilines is 1. The molecule has 0 aliphatic heterocycles. The Kier molecular flexibility index (Phi) is 7.53. The number of nitrogens with two attached hydrogens (primary N) is 1. The Morgan fingerprint density at radius 3 is 2.10 bits per heavy atom. The van der Waals surface area contributed by atoms with Gasteiger partial charge < -0.3 is 15.2 Å². The molecule has 7 nitrogen and oxygen atoms in total. The molecule has 1 aromatic heterocycles. The molecule has 0 bridgehead atoms. The van der Waals surface area contributed by atoms with Gasteiger partial charge in [-0.3, -0.25) is 0 Å². The van der Waals surface area contributed by atoms with E-state index in [1.807, 2.05) is 13.8 Å². The fraction of sp³-hybridized carbons (Fsp3) is 0.750. The summed E-state index contributed by atoms with van der Waals surface area (Å²) in [5.41, 5.74) is 6.02. The first-order valence-electron chi connectivity index (χ1n) is 6.82. The molecule has 0 aliphatic carbocycles. The maximum Gasteiger partial charge on any atom is 0.254 e. The third-order valence-corrected chi connectivity index (χ3v) is 6.20. The molecule has 0 atom stereocenters. The second kappa shape index (κ2) is 8.64. The van der Waals surface area contributed by atoms with Crippen LogP contribution in [0.5, 0.6) is 0 Å². The van der Waals surface area contributed by atoms with E-state index in [2.05, 4.69) is 4.98 Å². The maximum absolute atomic E-state index is 12.7. The van der Waals surface area contributed by atoms with E-state index < -0.39 is 10.0 Å². The number of hydrogen-bond donors (Lipinski definition) is 1. The number of thiazole rings is 1. The van der Waals surface area contributed by atoms with Crippen LogP contribution in [0.4, 0.5) is 5.13 Å². The van der Waals surface area contributed by atoms with Crippen molar-refractivity contribution in [2.75, 3.05) is 45.3 Å². The van der Waals surface area contributed by atoms with Gasteiger partial charge in [0.05, 0.1) is 18.9 Å². The first-order chi connectivity index (χ1) is 9.93. The van der Waals surface area contributed by atoms with Crippen LogP contribution in [-0.2, 0) is 19.5 Å². The van der Waals surface area contributed by atoms with Gasteiger partial charge in [0.25, 0.3) is 10.0 Å². The van der Waals surface area contributed by atoms with Crippen LogP contribution in [0.1, 0.15) is 19.5 Å². The molecule has 9 heteroatoms. The van der Waals surface area contributed by atoms with Gasteiger partial charge in [-0.2, -0.15) is 4.31 Å². The third kappa shape index (κ3) is 5.19. The number of hydrogen-bond acceptors (Lipinski definition) is 7. The highest BCUT2D eigenvalue weighted by molar-refractivity contribution is 7.91. The fourth-order valence-corrected chi connectivity index (χ4v) is 4.58. The van der Waals surface area contributed by atoms with Gasteiger partial charge in [0.15, 0.2) is 9.34 Å².